The Morgan fingerprint density at radius 3 is 2.25 bits per heavy atom. The molecule has 0 radical (unpaired) electrons. The van der Waals surface area contributed by atoms with E-state index in [0.717, 1.165) is 16.7 Å². The van der Waals surface area contributed by atoms with Crippen molar-refractivity contribution in [3.63, 3.8) is 0 Å². The van der Waals surface area contributed by atoms with Crippen LogP contribution in [0.15, 0.2) is 84.9 Å². The minimum Gasteiger partial charge on any atom is -0.292 e. The zero-order chi connectivity index (χ0) is 18.2. The summed E-state index contributed by atoms with van der Waals surface area (Å²) < 4.78 is 4.99. The molecule has 28 heavy (non-hydrogen) atoms. The number of nitrogens with zero attached hydrogens (tertiary/aromatic N) is 2. The Balaban J connectivity index is 1.85. The molecule has 0 saturated heterocycles. The third-order valence-corrected chi connectivity index (χ3v) is 6.89. The number of imidazole rings is 1. The van der Waals surface area contributed by atoms with Crippen molar-refractivity contribution < 1.29 is 0 Å². The second kappa shape index (κ2) is 5.09. The lowest BCUT2D eigenvalue weighted by atomic mass is 10.0. The fraction of sp³-hybridized carbons (Fsp3) is 0. The van der Waals surface area contributed by atoms with Crippen molar-refractivity contribution >= 4 is 69.9 Å². The highest BCUT2D eigenvalue weighted by Gasteiger charge is 2.15. The van der Waals surface area contributed by atoms with Crippen LogP contribution in [-0.2, 0) is 0 Å². The average molecular weight is 374 g/mol. The van der Waals surface area contributed by atoms with Gasteiger partial charge in [-0.2, -0.15) is 0 Å². The fourth-order valence-electron chi connectivity index (χ4n) is 4.52. The van der Waals surface area contributed by atoms with Gasteiger partial charge in [-0.15, -0.1) is 11.3 Å². The number of fused-ring (bicyclic) bond motifs is 11. The van der Waals surface area contributed by atoms with Gasteiger partial charge in [0.25, 0.3) is 0 Å². The zero-order valence-electron chi connectivity index (χ0n) is 14.9. The quantitative estimate of drug-likeness (QED) is 0.257. The summed E-state index contributed by atoms with van der Waals surface area (Å²) in [6.07, 6.45) is 0. The number of pyridine rings is 1. The van der Waals surface area contributed by atoms with Crippen LogP contribution < -0.4 is 0 Å². The molecular weight excluding hydrogens is 360 g/mol. The predicted octanol–water partition coefficient (Wildman–Crippen LogP) is 7.16. The topological polar surface area (TPSA) is 17.3 Å². The monoisotopic (exact) mass is 374 g/mol. The molecule has 7 rings (SSSR count). The molecule has 2 nitrogen and oxygen atoms in total. The van der Waals surface area contributed by atoms with Crippen LogP contribution in [0.25, 0.3) is 58.5 Å². The van der Waals surface area contributed by atoms with E-state index in [1.54, 1.807) is 0 Å². The van der Waals surface area contributed by atoms with Gasteiger partial charge in [-0.1, -0.05) is 54.6 Å². The summed E-state index contributed by atoms with van der Waals surface area (Å²) in [5, 5.41) is 6.41. The van der Waals surface area contributed by atoms with Crippen molar-refractivity contribution in [1.82, 2.24) is 9.38 Å². The third kappa shape index (κ3) is 1.75. The Morgan fingerprint density at radius 1 is 0.571 bits per heavy atom. The number of hydrogen-bond donors (Lipinski definition) is 0. The molecule has 0 aliphatic rings. The second-order valence-corrected chi connectivity index (χ2v) is 8.35. The summed E-state index contributed by atoms with van der Waals surface area (Å²) in [5.74, 6) is 0. The molecule has 130 valence electrons. The van der Waals surface area contributed by atoms with E-state index in [2.05, 4.69) is 89.3 Å². The highest BCUT2D eigenvalue weighted by atomic mass is 32.1. The number of benzene rings is 4. The lowest BCUT2D eigenvalue weighted by Gasteiger charge is -2.09. The molecule has 0 aliphatic heterocycles. The van der Waals surface area contributed by atoms with E-state index in [1.807, 2.05) is 11.3 Å². The molecule has 3 heteroatoms. The Morgan fingerprint density at radius 2 is 1.32 bits per heavy atom. The summed E-state index contributed by atoms with van der Waals surface area (Å²) in [5.41, 5.74) is 4.46. The molecule has 0 N–H and O–H groups in total. The van der Waals surface area contributed by atoms with E-state index in [0.29, 0.717) is 0 Å². The molecule has 0 bridgehead atoms. The maximum atomic E-state index is 4.98. The first kappa shape index (κ1) is 14.6. The van der Waals surface area contributed by atoms with E-state index < -0.39 is 0 Å². The Labute approximate surface area is 164 Å². The molecule has 0 spiro atoms. The first-order chi connectivity index (χ1) is 13.9. The molecule has 0 saturated carbocycles. The van der Waals surface area contributed by atoms with Gasteiger partial charge in [-0.05, 0) is 35.7 Å². The number of aromatic nitrogens is 2. The standard InChI is InChI=1S/C25H14N2S/c1-2-9-17-15(7-1)18-13-19-16-8-3-6-12-23(16)28-24(19)14-22(18)27-21-11-5-4-10-20(21)26-25(17)27/h1-14H. The van der Waals surface area contributed by atoms with Gasteiger partial charge in [0.1, 0.15) is 5.65 Å². The average Bonchev–Trinajstić information content (AvgIpc) is 3.31. The summed E-state index contributed by atoms with van der Waals surface area (Å²) >= 11 is 1.86. The zero-order valence-corrected chi connectivity index (χ0v) is 15.7. The first-order valence-electron chi connectivity index (χ1n) is 9.41. The Kier molecular flexibility index (Phi) is 2.65. The highest BCUT2D eigenvalue weighted by Crippen LogP contribution is 2.39. The number of rotatable bonds is 0. The van der Waals surface area contributed by atoms with Crippen molar-refractivity contribution in [2.75, 3.05) is 0 Å². The minimum atomic E-state index is 1.03. The lowest BCUT2D eigenvalue weighted by Crippen LogP contribution is -1.91. The normalized spacial score (nSPS) is 12.3. The van der Waals surface area contributed by atoms with Crippen molar-refractivity contribution in [3.8, 4) is 0 Å². The Hall–Kier alpha value is -3.43. The highest BCUT2D eigenvalue weighted by molar-refractivity contribution is 7.25. The van der Waals surface area contributed by atoms with E-state index in [4.69, 9.17) is 4.98 Å². The van der Waals surface area contributed by atoms with Gasteiger partial charge in [0.15, 0.2) is 0 Å². The number of para-hydroxylation sites is 2. The summed E-state index contributed by atoms with van der Waals surface area (Å²) in [4.78, 5) is 4.98. The molecular formula is C25H14N2S. The lowest BCUT2D eigenvalue weighted by molar-refractivity contribution is 1.32. The number of thiophene rings is 1. The SMILES string of the molecule is c1ccc2c(c1)nc1c3ccccc3c3cc4c(cc3n21)sc1ccccc14. The molecule has 3 aromatic heterocycles. The molecule has 3 heterocycles. The van der Waals surface area contributed by atoms with Crippen LogP contribution in [0.3, 0.4) is 0 Å². The van der Waals surface area contributed by atoms with Crippen LogP contribution in [0.1, 0.15) is 0 Å². The summed E-state index contributed by atoms with van der Waals surface area (Å²) in [7, 11) is 0. The third-order valence-electron chi connectivity index (χ3n) is 5.75. The summed E-state index contributed by atoms with van der Waals surface area (Å²) in [6.45, 7) is 0. The molecule has 4 aromatic carbocycles. The van der Waals surface area contributed by atoms with Gasteiger partial charge >= 0.3 is 0 Å². The molecule has 0 amide bonds. The van der Waals surface area contributed by atoms with Crippen LogP contribution in [0.4, 0.5) is 0 Å². The fourth-order valence-corrected chi connectivity index (χ4v) is 5.65. The van der Waals surface area contributed by atoms with Crippen molar-refractivity contribution in [2.24, 2.45) is 0 Å². The largest absolute Gasteiger partial charge is 0.292 e. The van der Waals surface area contributed by atoms with Crippen LogP contribution in [-0.4, -0.2) is 9.38 Å². The molecule has 0 fully saturated rings. The molecule has 7 aromatic rings. The van der Waals surface area contributed by atoms with Crippen LogP contribution in [0.2, 0.25) is 0 Å². The van der Waals surface area contributed by atoms with Crippen molar-refractivity contribution in [1.29, 1.82) is 0 Å². The second-order valence-electron chi connectivity index (χ2n) is 7.27. The van der Waals surface area contributed by atoms with Gasteiger partial charge in [-0.3, -0.25) is 4.40 Å². The van der Waals surface area contributed by atoms with E-state index >= 15 is 0 Å². The van der Waals surface area contributed by atoms with E-state index in [1.165, 1.54) is 41.8 Å². The predicted molar refractivity (Wildman–Crippen MR) is 121 cm³/mol. The number of hydrogen-bond acceptors (Lipinski definition) is 2. The van der Waals surface area contributed by atoms with Gasteiger partial charge in [0.05, 0.1) is 16.6 Å². The van der Waals surface area contributed by atoms with E-state index in [-0.39, 0.29) is 0 Å². The van der Waals surface area contributed by atoms with E-state index in [9.17, 15) is 0 Å². The Bertz CT molecular complexity index is 1720. The van der Waals surface area contributed by atoms with Crippen molar-refractivity contribution in [3.05, 3.63) is 84.9 Å². The minimum absolute atomic E-state index is 1.03. The van der Waals surface area contributed by atoms with Gasteiger partial charge < -0.3 is 0 Å². The van der Waals surface area contributed by atoms with Crippen LogP contribution >= 0.6 is 11.3 Å². The summed E-state index contributed by atoms with van der Waals surface area (Å²) in [6, 6.07) is 30.5. The molecule has 0 aliphatic carbocycles. The smallest absolute Gasteiger partial charge is 0.146 e. The van der Waals surface area contributed by atoms with Crippen LogP contribution in [0, 0.1) is 0 Å². The molecule has 0 atom stereocenters. The van der Waals surface area contributed by atoms with Gasteiger partial charge in [0.2, 0.25) is 0 Å². The van der Waals surface area contributed by atoms with Gasteiger partial charge in [-0.25, -0.2) is 4.98 Å². The molecule has 0 unspecified atom stereocenters. The maximum absolute atomic E-state index is 4.98. The van der Waals surface area contributed by atoms with Crippen molar-refractivity contribution in [2.45, 2.75) is 0 Å². The van der Waals surface area contributed by atoms with Gasteiger partial charge in [0, 0.05) is 30.9 Å². The maximum Gasteiger partial charge on any atom is 0.146 e. The van der Waals surface area contributed by atoms with Crippen LogP contribution in [0.5, 0.6) is 0 Å². The first-order valence-corrected chi connectivity index (χ1v) is 10.2.